The average Bonchev–Trinajstić information content (AvgIpc) is 2.61. The van der Waals surface area contributed by atoms with Crippen LogP contribution in [0.5, 0.6) is 0 Å². The lowest BCUT2D eigenvalue weighted by molar-refractivity contribution is 0.580. The number of rotatable bonds is 5. The molecular weight excluding hydrogens is 409 g/mol. The van der Waals surface area contributed by atoms with Gasteiger partial charge < -0.3 is 0 Å². The topological polar surface area (TPSA) is 72.0 Å². The lowest BCUT2D eigenvalue weighted by Gasteiger charge is -2.08. The maximum atomic E-state index is 13.0. The molecule has 0 amide bonds. The highest BCUT2D eigenvalue weighted by Gasteiger charge is 2.14. The SMILES string of the molecule is O=S(=O)(NCc1cc(-c2ccc(F)cc2)ncn1)c1ccc(Br)cc1. The summed E-state index contributed by atoms with van der Waals surface area (Å²) >= 11 is 3.27. The Morgan fingerprint density at radius 1 is 1.00 bits per heavy atom. The van der Waals surface area contributed by atoms with Gasteiger partial charge in [0, 0.05) is 10.0 Å². The van der Waals surface area contributed by atoms with E-state index in [2.05, 4.69) is 30.6 Å². The fourth-order valence-electron chi connectivity index (χ4n) is 2.14. The molecule has 8 heteroatoms. The summed E-state index contributed by atoms with van der Waals surface area (Å²) in [4.78, 5) is 8.38. The highest BCUT2D eigenvalue weighted by Crippen LogP contribution is 2.18. The molecule has 0 radical (unpaired) electrons. The molecule has 128 valence electrons. The third-order valence-electron chi connectivity index (χ3n) is 3.43. The highest BCUT2D eigenvalue weighted by molar-refractivity contribution is 9.10. The molecule has 3 aromatic rings. The predicted molar refractivity (Wildman–Crippen MR) is 95.6 cm³/mol. The largest absolute Gasteiger partial charge is 0.240 e. The Bertz CT molecular complexity index is 978. The number of nitrogens with zero attached hydrogens (tertiary/aromatic N) is 2. The summed E-state index contributed by atoms with van der Waals surface area (Å²) in [5.41, 5.74) is 1.82. The normalized spacial score (nSPS) is 11.4. The maximum absolute atomic E-state index is 13.0. The van der Waals surface area contributed by atoms with Gasteiger partial charge in [0.25, 0.3) is 0 Å². The zero-order valence-corrected chi connectivity index (χ0v) is 15.3. The van der Waals surface area contributed by atoms with Crippen LogP contribution in [0.2, 0.25) is 0 Å². The summed E-state index contributed by atoms with van der Waals surface area (Å²) < 4.78 is 40.9. The summed E-state index contributed by atoms with van der Waals surface area (Å²) in [6.45, 7) is 0.0229. The molecule has 3 rings (SSSR count). The van der Waals surface area contributed by atoms with Crippen molar-refractivity contribution in [3.05, 3.63) is 76.9 Å². The van der Waals surface area contributed by atoms with Crippen LogP contribution in [0.15, 0.2) is 70.3 Å². The summed E-state index contributed by atoms with van der Waals surface area (Å²) in [6.07, 6.45) is 1.35. The Hall–Kier alpha value is -2.16. The van der Waals surface area contributed by atoms with E-state index in [0.717, 1.165) is 10.0 Å². The van der Waals surface area contributed by atoms with Crippen molar-refractivity contribution in [3.63, 3.8) is 0 Å². The Morgan fingerprint density at radius 2 is 1.68 bits per heavy atom. The molecule has 0 aliphatic heterocycles. The van der Waals surface area contributed by atoms with Crippen molar-refractivity contribution in [1.82, 2.24) is 14.7 Å². The van der Waals surface area contributed by atoms with E-state index < -0.39 is 10.0 Å². The molecule has 0 bridgehead atoms. The van der Waals surface area contributed by atoms with Crippen LogP contribution in [0.4, 0.5) is 4.39 Å². The zero-order valence-electron chi connectivity index (χ0n) is 12.9. The van der Waals surface area contributed by atoms with E-state index in [4.69, 9.17) is 0 Å². The van der Waals surface area contributed by atoms with Gasteiger partial charge in [-0.15, -0.1) is 0 Å². The molecule has 0 fully saturated rings. The van der Waals surface area contributed by atoms with E-state index in [1.165, 1.54) is 30.6 Å². The first kappa shape index (κ1) is 17.7. The second kappa shape index (κ2) is 7.38. The number of hydrogen-bond acceptors (Lipinski definition) is 4. The second-order valence-electron chi connectivity index (χ2n) is 5.18. The molecule has 0 atom stereocenters. The average molecular weight is 422 g/mol. The van der Waals surface area contributed by atoms with E-state index in [-0.39, 0.29) is 17.3 Å². The minimum atomic E-state index is -3.64. The van der Waals surface area contributed by atoms with Crippen LogP contribution in [0.25, 0.3) is 11.3 Å². The van der Waals surface area contributed by atoms with Crippen LogP contribution in [0.1, 0.15) is 5.69 Å². The molecule has 0 aliphatic rings. The van der Waals surface area contributed by atoms with Gasteiger partial charge in [-0.1, -0.05) is 15.9 Å². The number of aromatic nitrogens is 2. The molecular formula is C17H13BrFN3O2S. The maximum Gasteiger partial charge on any atom is 0.240 e. The quantitative estimate of drug-likeness (QED) is 0.683. The van der Waals surface area contributed by atoms with Gasteiger partial charge in [-0.3, -0.25) is 0 Å². The molecule has 0 spiro atoms. The van der Waals surface area contributed by atoms with E-state index >= 15 is 0 Å². The fourth-order valence-corrected chi connectivity index (χ4v) is 3.40. The van der Waals surface area contributed by atoms with Crippen LogP contribution in [-0.4, -0.2) is 18.4 Å². The first-order valence-electron chi connectivity index (χ1n) is 7.26. The minimum absolute atomic E-state index is 0.0229. The summed E-state index contributed by atoms with van der Waals surface area (Å²) in [5.74, 6) is -0.333. The summed E-state index contributed by atoms with van der Waals surface area (Å²) in [6, 6.07) is 13.9. The van der Waals surface area contributed by atoms with Crippen molar-refractivity contribution in [1.29, 1.82) is 0 Å². The number of halogens is 2. The Labute approximate surface area is 153 Å². The Morgan fingerprint density at radius 3 is 2.36 bits per heavy atom. The lowest BCUT2D eigenvalue weighted by atomic mass is 10.1. The summed E-state index contributed by atoms with van der Waals surface area (Å²) in [5, 5.41) is 0. The highest BCUT2D eigenvalue weighted by atomic mass is 79.9. The van der Waals surface area contributed by atoms with Gasteiger partial charge in [-0.2, -0.15) is 0 Å². The van der Waals surface area contributed by atoms with Crippen LogP contribution in [0, 0.1) is 5.82 Å². The van der Waals surface area contributed by atoms with Crippen molar-refractivity contribution in [2.45, 2.75) is 11.4 Å². The lowest BCUT2D eigenvalue weighted by Crippen LogP contribution is -2.23. The monoisotopic (exact) mass is 421 g/mol. The minimum Gasteiger partial charge on any atom is -0.240 e. The van der Waals surface area contributed by atoms with Gasteiger partial charge in [0.1, 0.15) is 12.1 Å². The van der Waals surface area contributed by atoms with Crippen molar-refractivity contribution in [3.8, 4) is 11.3 Å². The molecule has 1 N–H and O–H groups in total. The molecule has 0 aliphatic carbocycles. The first-order valence-corrected chi connectivity index (χ1v) is 9.54. The van der Waals surface area contributed by atoms with Crippen LogP contribution < -0.4 is 4.72 Å². The van der Waals surface area contributed by atoms with Gasteiger partial charge in [0.05, 0.1) is 22.8 Å². The van der Waals surface area contributed by atoms with E-state index in [9.17, 15) is 12.8 Å². The first-order chi connectivity index (χ1) is 11.9. The predicted octanol–water partition coefficient (Wildman–Crippen LogP) is 3.52. The van der Waals surface area contributed by atoms with E-state index in [0.29, 0.717) is 11.4 Å². The smallest absolute Gasteiger partial charge is 0.240 e. The second-order valence-corrected chi connectivity index (χ2v) is 7.86. The van der Waals surface area contributed by atoms with Crippen molar-refractivity contribution < 1.29 is 12.8 Å². The molecule has 5 nitrogen and oxygen atoms in total. The summed E-state index contributed by atoms with van der Waals surface area (Å²) in [7, 11) is -3.64. The fraction of sp³-hybridized carbons (Fsp3) is 0.0588. The van der Waals surface area contributed by atoms with Crippen molar-refractivity contribution in [2.24, 2.45) is 0 Å². The van der Waals surface area contributed by atoms with Crippen LogP contribution >= 0.6 is 15.9 Å². The molecule has 25 heavy (non-hydrogen) atoms. The van der Waals surface area contributed by atoms with E-state index in [1.807, 2.05) is 0 Å². The standard InChI is InChI=1S/C17H13BrFN3O2S/c18-13-3-7-16(8-4-13)25(23,24)22-10-15-9-17(21-11-20-15)12-1-5-14(19)6-2-12/h1-9,11,22H,10H2. The third kappa shape index (κ3) is 4.47. The van der Waals surface area contributed by atoms with Gasteiger partial charge in [0.2, 0.25) is 10.0 Å². The third-order valence-corrected chi connectivity index (χ3v) is 5.38. The molecule has 0 saturated heterocycles. The number of benzene rings is 2. The van der Waals surface area contributed by atoms with Gasteiger partial charge >= 0.3 is 0 Å². The molecule has 1 heterocycles. The molecule has 0 unspecified atom stereocenters. The number of sulfonamides is 1. The van der Waals surface area contributed by atoms with Crippen LogP contribution in [0.3, 0.4) is 0 Å². The number of hydrogen-bond donors (Lipinski definition) is 1. The number of nitrogens with one attached hydrogen (secondary N) is 1. The van der Waals surface area contributed by atoms with Gasteiger partial charge in [-0.05, 0) is 54.6 Å². The molecule has 1 aromatic heterocycles. The van der Waals surface area contributed by atoms with Crippen molar-refractivity contribution >= 4 is 26.0 Å². The Balaban J connectivity index is 1.76. The van der Waals surface area contributed by atoms with Crippen molar-refractivity contribution in [2.75, 3.05) is 0 Å². The van der Waals surface area contributed by atoms with E-state index in [1.54, 1.807) is 30.3 Å². The molecule has 2 aromatic carbocycles. The van der Waals surface area contributed by atoms with Gasteiger partial charge in [-0.25, -0.2) is 27.5 Å². The Kier molecular flexibility index (Phi) is 5.22. The zero-order chi connectivity index (χ0) is 17.9. The molecule has 0 saturated carbocycles. The van der Waals surface area contributed by atoms with Gasteiger partial charge in [0.15, 0.2) is 0 Å². The van der Waals surface area contributed by atoms with Crippen LogP contribution in [-0.2, 0) is 16.6 Å².